The van der Waals surface area contributed by atoms with E-state index in [9.17, 15) is 5.11 Å². The summed E-state index contributed by atoms with van der Waals surface area (Å²) in [6.07, 6.45) is 2.01. The van der Waals surface area contributed by atoms with Crippen LogP contribution in [0.4, 0.5) is 0 Å². The molecule has 0 bridgehead atoms. The molecule has 0 radical (unpaired) electrons. The van der Waals surface area contributed by atoms with Crippen LogP contribution in [-0.4, -0.2) is 11.4 Å². The summed E-state index contributed by atoms with van der Waals surface area (Å²) >= 11 is 1.64. The maximum absolute atomic E-state index is 9.51. The van der Waals surface area contributed by atoms with Gasteiger partial charge in [0.2, 0.25) is 0 Å². The van der Waals surface area contributed by atoms with Crippen molar-refractivity contribution in [1.29, 1.82) is 0 Å². The first-order chi connectivity index (χ1) is 8.19. The number of rotatable bonds is 3. The van der Waals surface area contributed by atoms with Gasteiger partial charge in [0.05, 0.1) is 0 Å². The second kappa shape index (κ2) is 5.15. The third-order valence-corrected chi connectivity index (χ3v) is 3.11. The van der Waals surface area contributed by atoms with E-state index in [-0.39, 0.29) is 5.75 Å². The van der Waals surface area contributed by atoms with Crippen LogP contribution < -0.4 is 4.74 Å². The van der Waals surface area contributed by atoms with E-state index in [1.807, 2.05) is 43.5 Å². The molecule has 0 spiro atoms. The minimum atomic E-state index is 0.224. The van der Waals surface area contributed by atoms with E-state index >= 15 is 0 Å². The van der Waals surface area contributed by atoms with Crippen molar-refractivity contribution in [1.82, 2.24) is 0 Å². The summed E-state index contributed by atoms with van der Waals surface area (Å²) in [6, 6.07) is 13.1. The maximum atomic E-state index is 9.51. The molecular formula is C14H14O2S. The van der Waals surface area contributed by atoms with Crippen molar-refractivity contribution in [2.75, 3.05) is 6.26 Å². The summed E-state index contributed by atoms with van der Waals surface area (Å²) in [5, 5.41) is 9.51. The van der Waals surface area contributed by atoms with Crippen LogP contribution in [0.2, 0.25) is 0 Å². The lowest BCUT2D eigenvalue weighted by atomic mass is 10.2. The smallest absolute Gasteiger partial charge is 0.140 e. The standard InChI is InChI=1S/C14H14O2S/c1-10-7-11(15)9-12(8-10)16-13-5-3-4-6-14(13)17-2/h3-9,15H,1-2H3. The normalized spacial score (nSPS) is 10.2. The minimum Gasteiger partial charge on any atom is -0.508 e. The molecule has 0 amide bonds. The highest BCUT2D eigenvalue weighted by atomic mass is 32.2. The summed E-state index contributed by atoms with van der Waals surface area (Å²) in [5.74, 6) is 1.69. The van der Waals surface area contributed by atoms with Crippen LogP contribution in [0.5, 0.6) is 17.2 Å². The molecule has 0 heterocycles. The minimum absolute atomic E-state index is 0.224. The molecule has 0 fully saturated rings. The van der Waals surface area contributed by atoms with Crippen molar-refractivity contribution in [2.24, 2.45) is 0 Å². The second-order valence-electron chi connectivity index (χ2n) is 3.76. The van der Waals surface area contributed by atoms with E-state index in [2.05, 4.69) is 0 Å². The lowest BCUT2D eigenvalue weighted by Crippen LogP contribution is -1.87. The first-order valence-corrected chi connectivity index (χ1v) is 6.53. The van der Waals surface area contributed by atoms with Crippen molar-refractivity contribution >= 4 is 11.8 Å². The number of benzene rings is 2. The Labute approximate surface area is 105 Å². The summed E-state index contributed by atoms with van der Waals surface area (Å²) in [4.78, 5) is 1.08. The van der Waals surface area contributed by atoms with Crippen LogP contribution in [0.1, 0.15) is 5.56 Å². The zero-order valence-corrected chi connectivity index (χ0v) is 10.6. The monoisotopic (exact) mass is 246 g/mol. The number of thioether (sulfide) groups is 1. The third-order valence-electron chi connectivity index (χ3n) is 2.33. The van der Waals surface area contributed by atoms with Crippen molar-refractivity contribution < 1.29 is 9.84 Å². The Balaban J connectivity index is 2.31. The highest BCUT2D eigenvalue weighted by Crippen LogP contribution is 2.32. The molecule has 88 valence electrons. The molecule has 1 N–H and O–H groups in total. The molecule has 0 saturated heterocycles. The fraction of sp³-hybridized carbons (Fsp3) is 0.143. The van der Waals surface area contributed by atoms with Crippen LogP contribution in [0.25, 0.3) is 0 Å². The molecule has 2 aromatic carbocycles. The topological polar surface area (TPSA) is 29.5 Å². The number of hydrogen-bond acceptors (Lipinski definition) is 3. The summed E-state index contributed by atoms with van der Waals surface area (Å²) in [7, 11) is 0. The second-order valence-corrected chi connectivity index (χ2v) is 4.61. The molecule has 0 aliphatic heterocycles. The average Bonchev–Trinajstić information content (AvgIpc) is 2.28. The van der Waals surface area contributed by atoms with E-state index < -0.39 is 0 Å². The van der Waals surface area contributed by atoms with E-state index in [4.69, 9.17) is 4.74 Å². The predicted molar refractivity (Wildman–Crippen MR) is 71.1 cm³/mol. The third kappa shape index (κ3) is 2.94. The zero-order chi connectivity index (χ0) is 12.3. The van der Waals surface area contributed by atoms with Crippen LogP contribution in [0.3, 0.4) is 0 Å². The van der Waals surface area contributed by atoms with E-state index in [0.29, 0.717) is 5.75 Å². The van der Waals surface area contributed by atoms with Gasteiger partial charge in [-0.15, -0.1) is 11.8 Å². The van der Waals surface area contributed by atoms with Gasteiger partial charge >= 0.3 is 0 Å². The van der Waals surface area contributed by atoms with Gasteiger partial charge in [-0.05, 0) is 43.0 Å². The first-order valence-electron chi connectivity index (χ1n) is 5.30. The fourth-order valence-electron chi connectivity index (χ4n) is 1.62. The van der Waals surface area contributed by atoms with Crippen LogP contribution in [0.15, 0.2) is 47.4 Å². The van der Waals surface area contributed by atoms with Gasteiger partial charge in [0.1, 0.15) is 17.2 Å². The van der Waals surface area contributed by atoms with Crippen LogP contribution >= 0.6 is 11.8 Å². The molecule has 3 heteroatoms. The van der Waals surface area contributed by atoms with Gasteiger partial charge in [0, 0.05) is 11.0 Å². The Morgan fingerprint density at radius 2 is 1.88 bits per heavy atom. The Kier molecular flexibility index (Phi) is 3.59. The van der Waals surface area contributed by atoms with Crippen LogP contribution in [-0.2, 0) is 0 Å². The van der Waals surface area contributed by atoms with Gasteiger partial charge in [0.25, 0.3) is 0 Å². The molecule has 0 aliphatic carbocycles. The van der Waals surface area contributed by atoms with Gasteiger partial charge in [-0.2, -0.15) is 0 Å². The van der Waals surface area contributed by atoms with Gasteiger partial charge in [0.15, 0.2) is 0 Å². The Bertz CT molecular complexity index is 503. The number of ether oxygens (including phenoxy) is 1. The Morgan fingerprint density at radius 3 is 2.59 bits per heavy atom. The van der Waals surface area contributed by atoms with E-state index in [1.165, 1.54) is 0 Å². The quantitative estimate of drug-likeness (QED) is 0.822. The number of para-hydroxylation sites is 1. The molecule has 17 heavy (non-hydrogen) atoms. The highest BCUT2D eigenvalue weighted by Gasteiger charge is 2.04. The Morgan fingerprint density at radius 1 is 1.12 bits per heavy atom. The summed E-state index contributed by atoms with van der Waals surface area (Å²) < 4.78 is 5.78. The first kappa shape index (κ1) is 11.9. The number of phenols is 1. The lowest BCUT2D eigenvalue weighted by molar-refractivity contribution is 0.449. The summed E-state index contributed by atoms with van der Waals surface area (Å²) in [6.45, 7) is 1.92. The summed E-state index contributed by atoms with van der Waals surface area (Å²) in [5.41, 5.74) is 0.974. The molecule has 0 aromatic heterocycles. The Hall–Kier alpha value is -1.61. The number of aryl methyl sites for hydroxylation is 1. The molecule has 2 nitrogen and oxygen atoms in total. The van der Waals surface area contributed by atoms with Gasteiger partial charge in [-0.25, -0.2) is 0 Å². The molecule has 0 aliphatic rings. The number of phenolic OH excluding ortho intramolecular Hbond substituents is 1. The number of aromatic hydroxyl groups is 1. The lowest BCUT2D eigenvalue weighted by Gasteiger charge is -2.10. The predicted octanol–water partition coefficient (Wildman–Crippen LogP) is 4.21. The molecule has 0 saturated carbocycles. The average molecular weight is 246 g/mol. The SMILES string of the molecule is CSc1ccccc1Oc1cc(C)cc(O)c1. The fourth-order valence-corrected chi connectivity index (χ4v) is 2.14. The highest BCUT2D eigenvalue weighted by molar-refractivity contribution is 7.98. The molecule has 2 rings (SSSR count). The van der Waals surface area contributed by atoms with Gasteiger partial charge in [-0.3, -0.25) is 0 Å². The molecule has 0 unspecified atom stereocenters. The van der Waals surface area contributed by atoms with Gasteiger partial charge in [-0.1, -0.05) is 12.1 Å². The molecule has 0 atom stereocenters. The van der Waals surface area contributed by atoms with Crippen molar-refractivity contribution in [2.45, 2.75) is 11.8 Å². The van der Waals surface area contributed by atoms with E-state index in [1.54, 1.807) is 23.9 Å². The van der Waals surface area contributed by atoms with E-state index in [0.717, 1.165) is 16.2 Å². The molecule has 2 aromatic rings. The maximum Gasteiger partial charge on any atom is 0.140 e. The van der Waals surface area contributed by atoms with Crippen molar-refractivity contribution in [3.8, 4) is 17.2 Å². The van der Waals surface area contributed by atoms with Crippen molar-refractivity contribution in [3.63, 3.8) is 0 Å². The molecular weight excluding hydrogens is 232 g/mol. The largest absolute Gasteiger partial charge is 0.508 e. The van der Waals surface area contributed by atoms with Gasteiger partial charge < -0.3 is 9.84 Å². The van der Waals surface area contributed by atoms with Crippen LogP contribution in [0, 0.1) is 6.92 Å². The zero-order valence-electron chi connectivity index (χ0n) is 9.81. The number of hydrogen-bond donors (Lipinski definition) is 1. The van der Waals surface area contributed by atoms with Crippen molar-refractivity contribution in [3.05, 3.63) is 48.0 Å².